The van der Waals surface area contributed by atoms with Gasteiger partial charge < -0.3 is 10.5 Å². The first-order chi connectivity index (χ1) is 10.7. The smallest absolute Gasteiger partial charge is 0.428 e. The van der Waals surface area contributed by atoms with Crippen molar-refractivity contribution in [2.24, 2.45) is 4.99 Å². The monoisotopic (exact) mass is 333 g/mol. The molecule has 0 atom stereocenters. The van der Waals surface area contributed by atoms with Gasteiger partial charge >= 0.3 is 12.2 Å². The molecule has 122 valence electrons. The van der Waals surface area contributed by atoms with Gasteiger partial charge in [0.15, 0.2) is 17.3 Å². The van der Waals surface area contributed by atoms with Gasteiger partial charge in [-0.25, -0.2) is 13.6 Å². The van der Waals surface area contributed by atoms with Crippen molar-refractivity contribution in [2.45, 2.75) is 6.18 Å². The molecule has 10 heteroatoms. The average Bonchev–Trinajstić information content (AvgIpc) is 2.44. The van der Waals surface area contributed by atoms with E-state index >= 15 is 0 Å². The molecule has 2 N–H and O–H groups in total. The molecule has 0 aliphatic carbocycles. The molecule has 0 saturated carbocycles. The van der Waals surface area contributed by atoms with Crippen molar-refractivity contribution in [2.75, 3.05) is 5.32 Å². The zero-order chi connectivity index (χ0) is 17.2. The third kappa shape index (κ3) is 4.05. The highest BCUT2D eigenvalue weighted by molar-refractivity contribution is 5.89. The van der Waals surface area contributed by atoms with E-state index < -0.39 is 29.5 Å². The molecule has 0 aliphatic rings. The summed E-state index contributed by atoms with van der Waals surface area (Å²) in [4.78, 5) is 14.9. The number of alkyl halides is 3. The van der Waals surface area contributed by atoms with E-state index in [4.69, 9.17) is 5.21 Å². The third-order valence-electron chi connectivity index (χ3n) is 2.61. The molecule has 1 heterocycles. The van der Waals surface area contributed by atoms with E-state index in [1.807, 2.05) is 0 Å². The molecule has 23 heavy (non-hydrogen) atoms. The molecule has 2 amide bonds. The van der Waals surface area contributed by atoms with E-state index in [1.165, 1.54) is 0 Å². The highest BCUT2D eigenvalue weighted by Gasteiger charge is 2.34. The van der Waals surface area contributed by atoms with E-state index in [1.54, 1.807) is 0 Å². The second-order valence-electron chi connectivity index (χ2n) is 4.28. The summed E-state index contributed by atoms with van der Waals surface area (Å²) in [5, 5.41) is 10.8. The summed E-state index contributed by atoms with van der Waals surface area (Å²) in [6.45, 7) is 0. The topological polar surface area (TPSA) is 66.6 Å². The number of benzene rings is 1. The minimum atomic E-state index is -4.85. The number of halogens is 5. The lowest BCUT2D eigenvalue weighted by atomic mass is 10.3. The van der Waals surface area contributed by atoms with Gasteiger partial charge in [-0.05, 0) is 24.3 Å². The fourth-order valence-electron chi connectivity index (χ4n) is 1.61. The van der Waals surface area contributed by atoms with E-state index in [0.717, 1.165) is 18.2 Å². The Morgan fingerprint density at radius 2 is 1.83 bits per heavy atom. The zero-order valence-corrected chi connectivity index (χ0v) is 11.1. The molecule has 0 radical (unpaired) electrons. The van der Waals surface area contributed by atoms with Gasteiger partial charge in [0.25, 0.3) is 0 Å². The summed E-state index contributed by atoms with van der Waals surface area (Å²) in [5.41, 5.74) is -1.55. The van der Waals surface area contributed by atoms with Crippen molar-refractivity contribution in [1.29, 1.82) is 0 Å². The van der Waals surface area contributed by atoms with E-state index in [-0.39, 0.29) is 15.8 Å². The van der Waals surface area contributed by atoms with Crippen LogP contribution in [0.1, 0.15) is 5.69 Å². The van der Waals surface area contributed by atoms with E-state index in [9.17, 15) is 26.7 Å². The number of anilines is 1. The first-order valence-corrected chi connectivity index (χ1v) is 5.97. The lowest BCUT2D eigenvalue weighted by Crippen LogP contribution is -2.20. The second kappa shape index (κ2) is 6.07. The fourth-order valence-corrected chi connectivity index (χ4v) is 1.61. The number of amides is 2. The Kier molecular flexibility index (Phi) is 4.34. The average molecular weight is 333 g/mol. The molecule has 0 saturated heterocycles. The maximum absolute atomic E-state index is 13.0. The van der Waals surface area contributed by atoms with E-state index in [2.05, 4.69) is 10.3 Å². The number of pyridine rings is 1. The van der Waals surface area contributed by atoms with Gasteiger partial charge in [-0.1, -0.05) is 0 Å². The van der Waals surface area contributed by atoms with Gasteiger partial charge in [0.05, 0.1) is 5.36 Å². The van der Waals surface area contributed by atoms with Crippen LogP contribution in [0, 0.1) is 11.6 Å². The first-order valence-electron chi connectivity index (χ1n) is 5.97. The van der Waals surface area contributed by atoms with E-state index in [0.29, 0.717) is 18.3 Å². The van der Waals surface area contributed by atoms with Crippen molar-refractivity contribution < 1.29 is 32.0 Å². The highest BCUT2D eigenvalue weighted by Crippen LogP contribution is 2.27. The Morgan fingerprint density at radius 3 is 2.43 bits per heavy atom. The number of rotatable bonds is 1. The number of carbonyl (C=O) groups excluding carboxylic acids is 1. The largest absolute Gasteiger partial charge is 0.434 e. The summed E-state index contributed by atoms with van der Waals surface area (Å²) in [6.07, 6.45) is -4.19. The van der Waals surface area contributed by atoms with Crippen LogP contribution in [0.2, 0.25) is 0 Å². The minimum Gasteiger partial charge on any atom is -0.428 e. The van der Waals surface area contributed by atoms with Crippen molar-refractivity contribution in [3.8, 4) is 0 Å². The predicted octanol–water partition coefficient (Wildman–Crippen LogP) is 3.16. The van der Waals surface area contributed by atoms with Crippen LogP contribution in [0.25, 0.3) is 0 Å². The Hall–Kier alpha value is -2.91. The summed E-state index contributed by atoms with van der Waals surface area (Å²) in [5.74, 6) is -2.33. The minimum absolute atomic E-state index is 0.123. The summed E-state index contributed by atoms with van der Waals surface area (Å²) in [7, 11) is 0. The van der Waals surface area contributed by atoms with Crippen LogP contribution in [-0.4, -0.2) is 16.0 Å². The second-order valence-corrected chi connectivity index (χ2v) is 4.28. The Labute approximate surface area is 125 Å². The molecule has 0 unspecified atom stereocenters. The number of nitrogens with one attached hydrogen (secondary N) is 1. The fraction of sp³-hybridized carbons (Fsp3) is 0.0769. The lowest BCUT2D eigenvalue weighted by molar-refractivity contribution is -0.151. The van der Waals surface area contributed by atoms with Crippen LogP contribution in [0.15, 0.2) is 41.5 Å². The van der Waals surface area contributed by atoms with Gasteiger partial charge in [-0.3, -0.25) is 0 Å². The van der Waals surface area contributed by atoms with Crippen LogP contribution < -0.4 is 10.7 Å². The maximum atomic E-state index is 13.0. The molecule has 0 fully saturated rings. The van der Waals surface area contributed by atoms with Gasteiger partial charge in [0, 0.05) is 18.0 Å². The van der Waals surface area contributed by atoms with Crippen molar-refractivity contribution >= 4 is 11.7 Å². The number of carbonyl (C=O) groups is 1. The molecule has 2 aromatic rings. The first kappa shape index (κ1) is 16.5. The molecule has 1 aromatic carbocycles. The molecule has 5 nitrogen and oxygen atoms in total. The molecular formula is C13H8F5N3O2. The SMILES string of the molecule is O=C(/N=c1/ccn(O)c(C(F)(F)F)c1)Nc1ccc(F)c(F)c1. The molecular weight excluding hydrogens is 325 g/mol. The van der Waals surface area contributed by atoms with Crippen molar-refractivity contribution in [1.82, 2.24) is 4.73 Å². The zero-order valence-electron chi connectivity index (χ0n) is 11.1. The quantitative estimate of drug-likeness (QED) is 0.622. The van der Waals surface area contributed by atoms with Gasteiger partial charge in [-0.15, -0.1) is 0 Å². The molecule has 2 rings (SSSR count). The number of hydrogen-bond acceptors (Lipinski definition) is 2. The van der Waals surface area contributed by atoms with Crippen LogP contribution in [0.5, 0.6) is 0 Å². The maximum Gasteiger partial charge on any atom is 0.434 e. The predicted molar refractivity (Wildman–Crippen MR) is 67.6 cm³/mol. The van der Waals surface area contributed by atoms with Crippen LogP contribution in [0.3, 0.4) is 0 Å². The lowest BCUT2D eigenvalue weighted by Gasteiger charge is -2.09. The van der Waals surface area contributed by atoms with Gasteiger partial charge in [0.2, 0.25) is 0 Å². The Morgan fingerprint density at radius 1 is 1.13 bits per heavy atom. The van der Waals surface area contributed by atoms with Gasteiger partial charge in [0.1, 0.15) is 0 Å². The van der Waals surface area contributed by atoms with Crippen LogP contribution >= 0.6 is 0 Å². The standard InChI is InChI=1S/C13H8F5N3O2/c14-9-2-1-7(5-10(9)15)19-12(22)20-8-3-4-21(23)11(6-8)13(16,17)18/h1-6,23H,(H,19,22)/b20-8-. The van der Waals surface area contributed by atoms with Crippen LogP contribution in [0.4, 0.5) is 32.4 Å². The third-order valence-corrected chi connectivity index (χ3v) is 2.61. The highest BCUT2D eigenvalue weighted by atomic mass is 19.4. The molecule has 1 aromatic heterocycles. The normalized spacial score (nSPS) is 12.3. The Balaban J connectivity index is 2.27. The molecule has 0 bridgehead atoms. The molecule has 0 aliphatic heterocycles. The Bertz CT molecular complexity index is 814. The van der Waals surface area contributed by atoms with Crippen LogP contribution in [-0.2, 0) is 6.18 Å². The number of urea groups is 1. The van der Waals surface area contributed by atoms with Crippen molar-refractivity contribution in [3.05, 3.63) is 59.2 Å². The van der Waals surface area contributed by atoms with Gasteiger partial charge in [-0.2, -0.15) is 22.9 Å². The number of nitrogens with zero attached hydrogens (tertiary/aromatic N) is 2. The summed E-state index contributed by atoms with van der Waals surface area (Å²) in [6, 6.07) is 2.82. The van der Waals surface area contributed by atoms with Crippen molar-refractivity contribution in [3.63, 3.8) is 0 Å². The summed E-state index contributed by atoms with van der Waals surface area (Å²) < 4.78 is 63.3. The molecule has 0 spiro atoms. The number of hydrogen-bond donors (Lipinski definition) is 2. The number of aromatic nitrogens is 1. The summed E-state index contributed by atoms with van der Waals surface area (Å²) >= 11 is 0.